The maximum atomic E-state index is 12.1. The third-order valence-electron chi connectivity index (χ3n) is 5.31. The summed E-state index contributed by atoms with van der Waals surface area (Å²) >= 11 is 0. The number of hydrogen-bond acceptors (Lipinski definition) is 6. The average Bonchev–Trinajstić information content (AvgIpc) is 3.32. The molecular weight excluding hydrogens is 368 g/mol. The molecule has 1 N–H and O–H groups in total. The second-order valence-electron chi connectivity index (χ2n) is 7.91. The van der Waals surface area contributed by atoms with Gasteiger partial charge in [-0.2, -0.15) is 9.61 Å². The monoisotopic (exact) mass is 396 g/mol. The molecular formula is C21H28N6O2. The third-order valence-corrected chi connectivity index (χ3v) is 5.31. The first-order valence-corrected chi connectivity index (χ1v) is 10.1. The van der Waals surface area contributed by atoms with Gasteiger partial charge in [-0.1, -0.05) is 0 Å². The van der Waals surface area contributed by atoms with Crippen LogP contribution in [0.5, 0.6) is 0 Å². The lowest BCUT2D eigenvalue weighted by atomic mass is 10.2. The van der Waals surface area contributed by atoms with E-state index in [9.17, 15) is 4.79 Å². The summed E-state index contributed by atoms with van der Waals surface area (Å²) < 4.78 is 7.43. The topological polar surface area (TPSA) is 78.9 Å². The molecule has 0 unspecified atom stereocenters. The first-order valence-electron chi connectivity index (χ1n) is 10.1. The number of carbonyl (C=O) groups is 1. The number of anilines is 1. The second-order valence-corrected chi connectivity index (χ2v) is 7.91. The molecule has 8 heteroatoms. The number of furan rings is 1. The van der Waals surface area contributed by atoms with Crippen molar-refractivity contribution in [2.75, 3.05) is 37.6 Å². The van der Waals surface area contributed by atoms with Gasteiger partial charge in [0.2, 0.25) is 5.91 Å². The second kappa shape index (κ2) is 7.87. The molecule has 3 aromatic heterocycles. The van der Waals surface area contributed by atoms with Crippen molar-refractivity contribution >= 4 is 17.4 Å². The first-order chi connectivity index (χ1) is 13.9. The van der Waals surface area contributed by atoms with Crippen molar-refractivity contribution in [2.24, 2.45) is 0 Å². The Hall–Kier alpha value is -2.87. The largest absolute Gasteiger partial charge is 0.463 e. The summed E-state index contributed by atoms with van der Waals surface area (Å²) in [5, 5.41) is 7.74. The van der Waals surface area contributed by atoms with E-state index in [-0.39, 0.29) is 11.9 Å². The number of hydrogen-bond donors (Lipinski definition) is 1. The molecule has 1 aliphatic rings. The molecule has 0 saturated carbocycles. The third kappa shape index (κ3) is 3.98. The standard InChI is InChI=1S/C21H28N6O2/c1-14(2)22-20(28)13-25-7-9-26(10-8-25)21-15(3)16(4)23-19-12-17(24-27(19)21)18-6-5-11-29-18/h5-6,11-12,14H,7-10,13H2,1-4H3,(H,22,28). The molecule has 3 aromatic rings. The summed E-state index contributed by atoms with van der Waals surface area (Å²) in [6, 6.07) is 5.89. The highest BCUT2D eigenvalue weighted by molar-refractivity contribution is 5.78. The number of aryl methyl sites for hydroxylation is 1. The van der Waals surface area contributed by atoms with Crippen molar-refractivity contribution in [3.8, 4) is 11.5 Å². The van der Waals surface area contributed by atoms with Gasteiger partial charge in [0.15, 0.2) is 11.4 Å². The van der Waals surface area contributed by atoms with E-state index in [4.69, 9.17) is 14.5 Å². The van der Waals surface area contributed by atoms with Crippen LogP contribution in [0, 0.1) is 13.8 Å². The van der Waals surface area contributed by atoms with Crippen LogP contribution in [0.1, 0.15) is 25.1 Å². The molecule has 29 heavy (non-hydrogen) atoms. The highest BCUT2D eigenvalue weighted by atomic mass is 16.3. The Morgan fingerprint density at radius 3 is 2.66 bits per heavy atom. The lowest BCUT2D eigenvalue weighted by molar-refractivity contribution is -0.122. The van der Waals surface area contributed by atoms with Gasteiger partial charge in [-0.15, -0.1) is 0 Å². The van der Waals surface area contributed by atoms with E-state index in [1.54, 1.807) is 6.26 Å². The Morgan fingerprint density at radius 1 is 1.24 bits per heavy atom. The summed E-state index contributed by atoms with van der Waals surface area (Å²) in [6.45, 7) is 11.9. The van der Waals surface area contributed by atoms with Gasteiger partial charge in [0.25, 0.3) is 0 Å². The van der Waals surface area contributed by atoms with Crippen LogP contribution in [0.15, 0.2) is 28.9 Å². The molecule has 4 rings (SSSR count). The minimum absolute atomic E-state index is 0.0851. The van der Waals surface area contributed by atoms with Crippen LogP contribution < -0.4 is 10.2 Å². The molecule has 0 aliphatic carbocycles. The van der Waals surface area contributed by atoms with Crippen molar-refractivity contribution in [1.29, 1.82) is 0 Å². The number of aromatic nitrogens is 3. The number of nitrogens with one attached hydrogen (secondary N) is 1. The van der Waals surface area contributed by atoms with E-state index in [1.165, 1.54) is 0 Å². The van der Waals surface area contributed by atoms with Gasteiger partial charge in [-0.25, -0.2) is 4.98 Å². The Balaban J connectivity index is 1.56. The molecule has 4 heterocycles. The molecule has 0 aromatic carbocycles. The summed E-state index contributed by atoms with van der Waals surface area (Å²) in [7, 11) is 0. The Labute approximate surface area is 170 Å². The number of fused-ring (bicyclic) bond motifs is 1. The predicted molar refractivity (Wildman–Crippen MR) is 112 cm³/mol. The Kier molecular flexibility index (Phi) is 5.27. The molecule has 1 fully saturated rings. The van der Waals surface area contributed by atoms with E-state index in [0.29, 0.717) is 6.54 Å². The van der Waals surface area contributed by atoms with Crippen LogP contribution in [-0.2, 0) is 4.79 Å². The molecule has 1 saturated heterocycles. The van der Waals surface area contributed by atoms with E-state index in [2.05, 4.69) is 22.0 Å². The average molecular weight is 396 g/mol. The van der Waals surface area contributed by atoms with E-state index in [0.717, 1.165) is 60.4 Å². The lowest BCUT2D eigenvalue weighted by Crippen LogP contribution is -2.50. The number of piperazine rings is 1. The minimum Gasteiger partial charge on any atom is -0.463 e. The van der Waals surface area contributed by atoms with Crippen LogP contribution in [-0.4, -0.2) is 64.2 Å². The van der Waals surface area contributed by atoms with Gasteiger partial charge in [0, 0.05) is 49.5 Å². The molecule has 0 radical (unpaired) electrons. The van der Waals surface area contributed by atoms with Gasteiger partial charge in [0.05, 0.1) is 12.8 Å². The fourth-order valence-electron chi connectivity index (χ4n) is 3.79. The van der Waals surface area contributed by atoms with Gasteiger partial charge in [-0.3, -0.25) is 9.69 Å². The van der Waals surface area contributed by atoms with E-state index in [1.807, 2.05) is 43.5 Å². The molecule has 0 bridgehead atoms. The van der Waals surface area contributed by atoms with Crippen molar-refractivity contribution in [3.63, 3.8) is 0 Å². The first kappa shape index (κ1) is 19.4. The molecule has 0 spiro atoms. The summed E-state index contributed by atoms with van der Waals surface area (Å²) in [6.07, 6.45) is 1.65. The quantitative estimate of drug-likeness (QED) is 0.713. The van der Waals surface area contributed by atoms with Crippen molar-refractivity contribution in [1.82, 2.24) is 24.8 Å². The maximum absolute atomic E-state index is 12.1. The van der Waals surface area contributed by atoms with Crippen LogP contribution in [0.4, 0.5) is 5.82 Å². The van der Waals surface area contributed by atoms with Gasteiger partial charge in [-0.05, 0) is 39.8 Å². The maximum Gasteiger partial charge on any atom is 0.234 e. The van der Waals surface area contributed by atoms with E-state index >= 15 is 0 Å². The van der Waals surface area contributed by atoms with Crippen LogP contribution in [0.3, 0.4) is 0 Å². The predicted octanol–water partition coefficient (Wildman–Crippen LogP) is 2.25. The zero-order chi connectivity index (χ0) is 20.5. The van der Waals surface area contributed by atoms with Gasteiger partial charge in [0.1, 0.15) is 11.5 Å². The minimum atomic E-state index is 0.0851. The van der Waals surface area contributed by atoms with Crippen LogP contribution >= 0.6 is 0 Å². The number of amides is 1. The molecule has 1 aliphatic heterocycles. The summed E-state index contributed by atoms with van der Waals surface area (Å²) in [5.74, 6) is 1.89. The molecule has 8 nitrogen and oxygen atoms in total. The van der Waals surface area contributed by atoms with Crippen LogP contribution in [0.2, 0.25) is 0 Å². The van der Waals surface area contributed by atoms with E-state index < -0.39 is 0 Å². The van der Waals surface area contributed by atoms with Crippen molar-refractivity contribution < 1.29 is 9.21 Å². The summed E-state index contributed by atoms with van der Waals surface area (Å²) in [5.41, 5.74) is 3.71. The number of rotatable bonds is 5. The summed E-state index contributed by atoms with van der Waals surface area (Å²) in [4.78, 5) is 21.3. The fraction of sp³-hybridized carbons (Fsp3) is 0.476. The Morgan fingerprint density at radius 2 is 2.00 bits per heavy atom. The molecule has 154 valence electrons. The lowest BCUT2D eigenvalue weighted by Gasteiger charge is -2.36. The molecule has 0 atom stereocenters. The number of carbonyl (C=O) groups excluding carboxylic acids is 1. The normalized spacial score (nSPS) is 15.4. The van der Waals surface area contributed by atoms with Crippen molar-refractivity contribution in [2.45, 2.75) is 33.7 Å². The molecule has 1 amide bonds. The zero-order valence-electron chi connectivity index (χ0n) is 17.5. The van der Waals surface area contributed by atoms with Crippen LogP contribution in [0.25, 0.3) is 17.1 Å². The zero-order valence-corrected chi connectivity index (χ0v) is 17.5. The highest BCUT2D eigenvalue weighted by Crippen LogP contribution is 2.27. The number of nitrogens with zero attached hydrogens (tertiary/aromatic N) is 5. The highest BCUT2D eigenvalue weighted by Gasteiger charge is 2.24. The smallest absolute Gasteiger partial charge is 0.234 e. The van der Waals surface area contributed by atoms with Crippen molar-refractivity contribution in [3.05, 3.63) is 35.7 Å². The van der Waals surface area contributed by atoms with Gasteiger partial charge >= 0.3 is 0 Å². The van der Waals surface area contributed by atoms with Gasteiger partial charge < -0.3 is 14.6 Å². The fourth-order valence-corrected chi connectivity index (χ4v) is 3.79. The SMILES string of the molecule is Cc1nc2cc(-c3ccco3)nn2c(N2CCN(CC(=O)NC(C)C)CC2)c1C. The Bertz CT molecular complexity index is 1000.